The predicted octanol–water partition coefficient (Wildman–Crippen LogP) is 5.72. The van der Waals surface area contributed by atoms with E-state index in [9.17, 15) is 20.1 Å². The second-order valence-electron chi connectivity index (χ2n) is 7.04. The molecule has 2 aromatic rings. The Labute approximate surface area is 161 Å². The number of hydrogen-bond donors (Lipinski definition) is 3. The highest BCUT2D eigenvalue weighted by Crippen LogP contribution is 2.40. The van der Waals surface area contributed by atoms with Crippen molar-refractivity contribution in [2.75, 3.05) is 0 Å². The number of hydrogen-bond acceptors (Lipinski definition) is 4. The van der Waals surface area contributed by atoms with Gasteiger partial charge in [0.25, 0.3) is 0 Å². The van der Waals surface area contributed by atoms with Crippen LogP contribution >= 0.6 is 0 Å². The second-order valence-corrected chi connectivity index (χ2v) is 7.04. The molecule has 3 N–H and O–H groups in total. The average molecular weight is 370 g/mol. The van der Waals surface area contributed by atoms with Crippen LogP contribution in [0, 0.1) is 0 Å². The molecule has 4 heteroatoms. The van der Waals surface area contributed by atoms with E-state index in [0.717, 1.165) is 19.3 Å². The van der Waals surface area contributed by atoms with Gasteiger partial charge in [-0.1, -0.05) is 82.2 Å². The highest BCUT2D eigenvalue weighted by atomic mass is 16.3. The van der Waals surface area contributed by atoms with Gasteiger partial charge in [-0.15, -0.1) is 0 Å². The predicted molar refractivity (Wildman–Crippen MR) is 108 cm³/mol. The zero-order chi connectivity index (χ0) is 19.6. The van der Waals surface area contributed by atoms with E-state index in [1.165, 1.54) is 38.2 Å². The van der Waals surface area contributed by atoms with Crippen molar-refractivity contribution in [2.24, 2.45) is 0 Å². The molecule has 0 fully saturated rings. The summed E-state index contributed by atoms with van der Waals surface area (Å²) in [5.41, 5.74) is 0.612. The molecule has 0 saturated heterocycles. The minimum absolute atomic E-state index is 0.0872. The van der Waals surface area contributed by atoms with Crippen molar-refractivity contribution >= 4 is 5.78 Å². The molecule has 0 radical (unpaired) electrons. The maximum absolute atomic E-state index is 12.5. The molecular weight excluding hydrogens is 340 g/mol. The molecule has 0 saturated carbocycles. The largest absolute Gasteiger partial charge is 0.508 e. The van der Waals surface area contributed by atoms with Crippen molar-refractivity contribution in [1.29, 1.82) is 0 Å². The van der Waals surface area contributed by atoms with Crippen LogP contribution in [0.1, 0.15) is 79.8 Å². The summed E-state index contributed by atoms with van der Waals surface area (Å²) in [6, 6.07) is 9.75. The van der Waals surface area contributed by atoms with Gasteiger partial charge in [0, 0.05) is 11.1 Å². The van der Waals surface area contributed by atoms with Crippen LogP contribution in [-0.4, -0.2) is 21.1 Å². The van der Waals surface area contributed by atoms with Crippen molar-refractivity contribution in [2.45, 2.75) is 64.7 Å². The summed E-state index contributed by atoms with van der Waals surface area (Å²) in [6.45, 7) is 2.20. The Hall–Kier alpha value is -2.49. The van der Waals surface area contributed by atoms with Gasteiger partial charge >= 0.3 is 0 Å². The van der Waals surface area contributed by atoms with Crippen molar-refractivity contribution in [3.05, 3.63) is 53.1 Å². The Bertz CT molecular complexity index is 738. The van der Waals surface area contributed by atoms with Gasteiger partial charge in [-0.25, -0.2) is 0 Å². The van der Waals surface area contributed by atoms with E-state index >= 15 is 0 Å². The van der Waals surface area contributed by atoms with E-state index in [2.05, 4.69) is 6.92 Å². The third kappa shape index (κ3) is 5.75. The van der Waals surface area contributed by atoms with Crippen LogP contribution < -0.4 is 0 Å². The molecule has 0 atom stereocenters. The fourth-order valence-electron chi connectivity index (χ4n) is 3.28. The molecule has 2 rings (SSSR count). The quantitative estimate of drug-likeness (QED) is 0.205. The number of carbonyl (C=O) groups excluding carboxylic acids is 1. The lowest BCUT2D eigenvalue weighted by Gasteiger charge is -2.12. The third-order valence-corrected chi connectivity index (χ3v) is 4.92. The first-order chi connectivity index (χ1) is 13.1. The van der Waals surface area contributed by atoms with E-state index < -0.39 is 17.3 Å². The second kappa shape index (κ2) is 10.6. The highest BCUT2D eigenvalue weighted by molar-refractivity contribution is 6.11. The molecule has 146 valence electrons. The Kier molecular flexibility index (Phi) is 8.18. The molecular formula is C23H30O4. The van der Waals surface area contributed by atoms with Crippen LogP contribution in [0.3, 0.4) is 0 Å². The van der Waals surface area contributed by atoms with Crippen molar-refractivity contribution in [3.8, 4) is 17.2 Å². The maximum Gasteiger partial charge on any atom is 0.197 e. The molecule has 0 aliphatic heterocycles. The summed E-state index contributed by atoms with van der Waals surface area (Å²) in [4.78, 5) is 12.5. The van der Waals surface area contributed by atoms with Crippen molar-refractivity contribution in [3.63, 3.8) is 0 Å². The van der Waals surface area contributed by atoms with Gasteiger partial charge in [0.05, 0.1) is 5.56 Å². The first-order valence-corrected chi connectivity index (χ1v) is 9.92. The first-order valence-electron chi connectivity index (χ1n) is 9.92. The molecule has 0 aliphatic rings. The number of phenols is 3. The molecule has 0 bridgehead atoms. The van der Waals surface area contributed by atoms with Crippen LogP contribution in [0.5, 0.6) is 17.2 Å². The van der Waals surface area contributed by atoms with E-state index in [4.69, 9.17) is 0 Å². The fraction of sp³-hybridized carbons (Fsp3) is 0.435. The molecule has 0 spiro atoms. The van der Waals surface area contributed by atoms with Crippen LogP contribution in [0.4, 0.5) is 0 Å². The lowest BCUT2D eigenvalue weighted by Crippen LogP contribution is -2.03. The zero-order valence-corrected chi connectivity index (χ0v) is 16.1. The molecule has 4 nitrogen and oxygen atoms in total. The monoisotopic (exact) mass is 370 g/mol. The number of aromatic hydroxyl groups is 3. The minimum Gasteiger partial charge on any atom is -0.508 e. The molecule has 0 aromatic heterocycles. The molecule has 0 aliphatic carbocycles. The van der Waals surface area contributed by atoms with Gasteiger partial charge in [-0.2, -0.15) is 0 Å². The molecule has 27 heavy (non-hydrogen) atoms. The van der Waals surface area contributed by atoms with Gasteiger partial charge in [0.1, 0.15) is 5.75 Å². The summed E-state index contributed by atoms with van der Waals surface area (Å²) in [7, 11) is 0. The Morgan fingerprint density at radius 2 is 1.41 bits per heavy atom. The maximum atomic E-state index is 12.5. The van der Waals surface area contributed by atoms with Crippen LogP contribution in [-0.2, 0) is 6.42 Å². The number of unbranched alkanes of at least 4 members (excludes halogenated alkanes) is 7. The smallest absolute Gasteiger partial charge is 0.197 e. The third-order valence-electron chi connectivity index (χ3n) is 4.92. The van der Waals surface area contributed by atoms with Crippen molar-refractivity contribution in [1.82, 2.24) is 0 Å². The normalized spacial score (nSPS) is 10.9. The number of phenolic OH excluding ortho intramolecular Hbond substituents is 3. The van der Waals surface area contributed by atoms with Gasteiger partial charge < -0.3 is 15.3 Å². The Morgan fingerprint density at radius 3 is 2.04 bits per heavy atom. The zero-order valence-electron chi connectivity index (χ0n) is 16.1. The highest BCUT2D eigenvalue weighted by Gasteiger charge is 2.21. The molecule has 2 aromatic carbocycles. The number of benzene rings is 2. The van der Waals surface area contributed by atoms with Crippen LogP contribution in [0.25, 0.3) is 0 Å². The first kappa shape index (κ1) is 20.8. The molecule has 0 amide bonds. The van der Waals surface area contributed by atoms with Gasteiger partial charge in [0.15, 0.2) is 17.3 Å². The summed E-state index contributed by atoms with van der Waals surface area (Å²) >= 11 is 0. The summed E-state index contributed by atoms with van der Waals surface area (Å²) in [5, 5.41) is 30.8. The summed E-state index contributed by atoms with van der Waals surface area (Å²) in [5.74, 6) is -1.43. The Morgan fingerprint density at radius 1 is 0.815 bits per heavy atom. The van der Waals surface area contributed by atoms with E-state index in [1.54, 1.807) is 30.3 Å². The summed E-state index contributed by atoms with van der Waals surface area (Å²) in [6.07, 6.45) is 9.69. The lowest BCUT2D eigenvalue weighted by atomic mass is 9.96. The standard InChI is InChI=1S/C23H30O4/c1-2-3-4-5-6-7-8-12-15-18-20(24)16-19(23(27)22(18)26)21(25)17-13-10-9-11-14-17/h9-11,13-14,16,24,26-27H,2-8,12,15H2,1H3. The van der Waals surface area contributed by atoms with Gasteiger partial charge in [0.2, 0.25) is 0 Å². The molecule has 0 heterocycles. The van der Waals surface area contributed by atoms with Crippen molar-refractivity contribution < 1.29 is 20.1 Å². The average Bonchev–Trinajstić information content (AvgIpc) is 2.69. The molecule has 0 unspecified atom stereocenters. The van der Waals surface area contributed by atoms with E-state index in [0.29, 0.717) is 17.5 Å². The number of rotatable bonds is 11. The number of ketones is 1. The number of carbonyl (C=O) groups is 1. The SMILES string of the molecule is CCCCCCCCCCc1c(O)cc(C(=O)c2ccccc2)c(O)c1O. The Balaban J connectivity index is 1.97. The van der Waals surface area contributed by atoms with E-state index in [-0.39, 0.29) is 11.3 Å². The van der Waals surface area contributed by atoms with Crippen LogP contribution in [0.15, 0.2) is 36.4 Å². The van der Waals surface area contributed by atoms with Gasteiger partial charge in [-0.3, -0.25) is 4.79 Å². The topological polar surface area (TPSA) is 77.8 Å². The summed E-state index contributed by atoms with van der Waals surface area (Å²) < 4.78 is 0. The van der Waals surface area contributed by atoms with Gasteiger partial charge in [-0.05, 0) is 18.9 Å². The van der Waals surface area contributed by atoms with E-state index in [1.807, 2.05) is 0 Å². The fourth-order valence-corrected chi connectivity index (χ4v) is 3.28. The van der Waals surface area contributed by atoms with Crippen LogP contribution in [0.2, 0.25) is 0 Å². The lowest BCUT2D eigenvalue weighted by molar-refractivity contribution is 0.103. The minimum atomic E-state index is -0.462.